The lowest BCUT2D eigenvalue weighted by Gasteiger charge is -2.27. The fourth-order valence-electron chi connectivity index (χ4n) is 5.04. The van der Waals surface area contributed by atoms with E-state index in [4.69, 9.17) is 9.47 Å². The predicted octanol–water partition coefficient (Wildman–Crippen LogP) is 2.02. The van der Waals surface area contributed by atoms with Crippen LogP contribution >= 0.6 is 0 Å². The zero-order valence-electron chi connectivity index (χ0n) is 25.7. The molecule has 244 valence electrons. The molecule has 2 saturated heterocycles. The molecule has 0 aromatic heterocycles. The Balaban J connectivity index is 1.46. The van der Waals surface area contributed by atoms with Gasteiger partial charge in [0.2, 0.25) is 15.9 Å². The Kier molecular flexibility index (Phi) is 10.6. The van der Waals surface area contributed by atoms with Gasteiger partial charge in [-0.05, 0) is 83.3 Å². The van der Waals surface area contributed by atoms with Gasteiger partial charge in [0.25, 0.3) is 0 Å². The molecule has 0 aliphatic carbocycles. The smallest absolute Gasteiger partial charge is 0.411 e. The van der Waals surface area contributed by atoms with Crippen molar-refractivity contribution >= 4 is 39.6 Å². The molecular weight excluding hydrogens is 604 g/mol. The third kappa shape index (κ3) is 9.33. The molecule has 2 aliphatic heterocycles. The minimum atomic E-state index is -4.16. The Hall–Kier alpha value is -3.85. The lowest BCUT2D eigenvalue weighted by Crippen LogP contribution is -2.45. The first-order valence-corrected chi connectivity index (χ1v) is 16.2. The highest BCUT2D eigenvalue weighted by Gasteiger charge is 2.41. The maximum Gasteiger partial charge on any atom is 0.411 e. The Morgan fingerprint density at radius 1 is 1.07 bits per heavy atom. The van der Waals surface area contributed by atoms with Crippen molar-refractivity contribution in [3.8, 4) is 0 Å². The number of carbonyl (C=O) groups excluding carboxylic acids is 4. The average Bonchev–Trinajstić information content (AvgIpc) is 3.63. The summed E-state index contributed by atoms with van der Waals surface area (Å²) in [6.07, 6.45) is -0.432. The molecule has 0 radical (unpaired) electrons. The Bertz CT molecular complexity index is 1500. The highest BCUT2D eigenvalue weighted by atomic mass is 32.2. The number of aliphatic hydroxyl groups is 1. The number of hydrogen-bond donors (Lipinski definition) is 4. The molecule has 13 nitrogen and oxygen atoms in total. The van der Waals surface area contributed by atoms with Crippen LogP contribution in [0.5, 0.6) is 0 Å². The molecule has 14 heteroatoms. The molecule has 4 atom stereocenters. The van der Waals surface area contributed by atoms with Crippen LogP contribution in [0.2, 0.25) is 0 Å². The van der Waals surface area contributed by atoms with Crippen molar-refractivity contribution in [1.29, 1.82) is 0 Å². The van der Waals surface area contributed by atoms with Gasteiger partial charge in [0.15, 0.2) is 0 Å². The first-order valence-electron chi connectivity index (χ1n) is 14.8. The number of ether oxygens (including phenoxy) is 2. The molecule has 2 aliphatic rings. The number of likely N-dealkylation sites (tertiary alicyclic amines) is 1. The van der Waals surface area contributed by atoms with Gasteiger partial charge in [-0.15, -0.1) is 0 Å². The number of aryl methyl sites for hydroxylation is 1. The van der Waals surface area contributed by atoms with Gasteiger partial charge in [0.1, 0.15) is 23.7 Å². The standard InChI is InChI=1S/C31H40N4O9S/c1-19-7-13-23(14-8-19)45(41,42)34-25(29(39)43-28(38)24-6-5-15-32-24)16-20-9-11-21(12-10-20)33-27(37)26-17-22(36)18-35(26)30(40)44-31(2,3)4/h7-14,22,24-26,32,34,36H,5-6,15-18H2,1-4H3,(H,33,37)/t22?,24-,25-,26-/m0/s1. The molecule has 2 heterocycles. The van der Waals surface area contributed by atoms with E-state index in [1.54, 1.807) is 57.2 Å². The zero-order chi connectivity index (χ0) is 32.9. The van der Waals surface area contributed by atoms with Gasteiger partial charge in [-0.25, -0.2) is 22.8 Å². The van der Waals surface area contributed by atoms with Crippen LogP contribution in [0.3, 0.4) is 0 Å². The van der Waals surface area contributed by atoms with E-state index in [0.29, 0.717) is 24.2 Å². The minimum absolute atomic E-state index is 0.0404. The lowest BCUT2D eigenvalue weighted by molar-refractivity contribution is -0.162. The summed E-state index contributed by atoms with van der Waals surface area (Å²) in [7, 11) is -4.16. The fourth-order valence-corrected chi connectivity index (χ4v) is 6.23. The number of sulfonamides is 1. The maximum atomic E-state index is 13.1. The molecule has 4 rings (SSSR count). The van der Waals surface area contributed by atoms with Gasteiger partial charge < -0.3 is 25.2 Å². The van der Waals surface area contributed by atoms with E-state index in [1.807, 2.05) is 6.92 Å². The van der Waals surface area contributed by atoms with E-state index >= 15 is 0 Å². The quantitative estimate of drug-likeness (QED) is 0.233. The number of nitrogens with zero attached hydrogens (tertiary/aromatic N) is 1. The first-order chi connectivity index (χ1) is 21.1. The van der Waals surface area contributed by atoms with Gasteiger partial charge in [-0.3, -0.25) is 9.69 Å². The van der Waals surface area contributed by atoms with Gasteiger partial charge >= 0.3 is 18.0 Å². The van der Waals surface area contributed by atoms with Crippen molar-refractivity contribution in [2.75, 3.05) is 18.4 Å². The van der Waals surface area contributed by atoms with E-state index in [0.717, 1.165) is 12.0 Å². The second-order valence-electron chi connectivity index (χ2n) is 12.3. The van der Waals surface area contributed by atoms with Crippen LogP contribution in [0.15, 0.2) is 53.4 Å². The Morgan fingerprint density at radius 3 is 2.33 bits per heavy atom. The molecular formula is C31H40N4O9S. The summed E-state index contributed by atoms with van der Waals surface area (Å²) in [5.74, 6) is -2.33. The summed E-state index contributed by atoms with van der Waals surface area (Å²) >= 11 is 0. The van der Waals surface area contributed by atoms with Crippen LogP contribution in [0, 0.1) is 6.92 Å². The van der Waals surface area contributed by atoms with Crippen molar-refractivity contribution in [2.24, 2.45) is 0 Å². The number of aliphatic hydroxyl groups excluding tert-OH is 1. The topological polar surface area (TPSA) is 180 Å². The largest absolute Gasteiger partial charge is 0.444 e. The lowest BCUT2D eigenvalue weighted by atomic mass is 10.1. The van der Waals surface area contributed by atoms with Crippen LogP contribution in [-0.4, -0.2) is 85.3 Å². The summed E-state index contributed by atoms with van der Waals surface area (Å²) in [6.45, 7) is 7.50. The molecule has 2 aromatic carbocycles. The summed E-state index contributed by atoms with van der Waals surface area (Å²) in [4.78, 5) is 52.5. The van der Waals surface area contributed by atoms with Crippen molar-refractivity contribution in [3.05, 3.63) is 59.7 Å². The summed E-state index contributed by atoms with van der Waals surface area (Å²) in [5, 5.41) is 15.8. The highest BCUT2D eigenvalue weighted by Crippen LogP contribution is 2.23. The molecule has 1 unspecified atom stereocenters. The SMILES string of the molecule is Cc1ccc(S(=O)(=O)N[C@@H](Cc2ccc(NC(=O)[C@@H]3CC(O)CN3C(=O)OC(C)(C)C)cc2)C(=O)OC(=O)[C@@H]2CCCN2)cc1. The number of rotatable bonds is 9. The number of benzene rings is 2. The Labute approximate surface area is 262 Å². The molecule has 4 N–H and O–H groups in total. The third-order valence-electron chi connectivity index (χ3n) is 7.33. The zero-order valence-corrected chi connectivity index (χ0v) is 26.6. The van der Waals surface area contributed by atoms with Crippen LogP contribution in [0.4, 0.5) is 10.5 Å². The van der Waals surface area contributed by atoms with Crippen LogP contribution in [0.25, 0.3) is 0 Å². The summed E-state index contributed by atoms with van der Waals surface area (Å²) in [6, 6.07) is 9.36. The van der Waals surface area contributed by atoms with Crippen LogP contribution in [-0.2, 0) is 40.3 Å². The van der Waals surface area contributed by atoms with Gasteiger partial charge in [0, 0.05) is 12.1 Å². The molecule has 0 bridgehead atoms. The molecule has 0 spiro atoms. The van der Waals surface area contributed by atoms with Crippen molar-refractivity contribution in [3.63, 3.8) is 0 Å². The predicted molar refractivity (Wildman–Crippen MR) is 164 cm³/mol. The molecule has 2 fully saturated rings. The van der Waals surface area contributed by atoms with Gasteiger partial charge in [-0.1, -0.05) is 29.8 Å². The molecule has 0 saturated carbocycles. The Morgan fingerprint density at radius 2 is 1.73 bits per heavy atom. The number of anilines is 1. The molecule has 2 amide bonds. The molecule has 45 heavy (non-hydrogen) atoms. The number of esters is 2. The van der Waals surface area contributed by atoms with Gasteiger partial charge in [0.05, 0.1) is 17.5 Å². The minimum Gasteiger partial charge on any atom is -0.444 e. The number of β-amino-alcohol motifs (C(OH)–C–C–N with tert-alkyl or cyclic N) is 1. The third-order valence-corrected chi connectivity index (χ3v) is 8.82. The van der Waals surface area contributed by atoms with E-state index in [9.17, 15) is 32.7 Å². The summed E-state index contributed by atoms with van der Waals surface area (Å²) < 4.78 is 39.1. The number of amides is 2. The average molecular weight is 645 g/mol. The summed E-state index contributed by atoms with van der Waals surface area (Å²) in [5.41, 5.74) is 0.963. The van der Waals surface area contributed by atoms with Crippen molar-refractivity contribution in [2.45, 2.75) is 88.1 Å². The second-order valence-corrected chi connectivity index (χ2v) is 14.0. The highest BCUT2D eigenvalue weighted by molar-refractivity contribution is 7.89. The van der Waals surface area contributed by atoms with Crippen LogP contribution < -0.4 is 15.4 Å². The van der Waals surface area contributed by atoms with Crippen LogP contribution in [0.1, 0.15) is 51.2 Å². The van der Waals surface area contributed by atoms with E-state index in [-0.39, 0.29) is 24.3 Å². The first kappa shape index (κ1) is 34.0. The van der Waals surface area contributed by atoms with E-state index < -0.39 is 63.8 Å². The maximum absolute atomic E-state index is 13.1. The van der Waals surface area contributed by atoms with Crippen molar-refractivity contribution in [1.82, 2.24) is 14.9 Å². The van der Waals surface area contributed by atoms with E-state index in [1.165, 1.54) is 17.0 Å². The normalized spacial score (nSPS) is 20.8. The number of hydrogen-bond acceptors (Lipinski definition) is 10. The fraction of sp³-hybridized carbons (Fsp3) is 0.484. The molecule has 2 aromatic rings. The second kappa shape index (κ2) is 14.1. The van der Waals surface area contributed by atoms with Gasteiger partial charge in [-0.2, -0.15) is 4.72 Å². The number of carbonyl (C=O) groups is 4. The number of nitrogens with one attached hydrogen (secondary N) is 3. The van der Waals surface area contributed by atoms with E-state index in [2.05, 4.69) is 15.4 Å². The van der Waals surface area contributed by atoms with Crippen molar-refractivity contribution < 1.29 is 42.2 Å². The monoisotopic (exact) mass is 644 g/mol.